The maximum atomic E-state index is 14.0. The van der Waals surface area contributed by atoms with Crippen LogP contribution in [0.2, 0.25) is 0 Å². The molecule has 6 saturated carbocycles. The van der Waals surface area contributed by atoms with E-state index >= 15 is 0 Å². The van der Waals surface area contributed by atoms with Gasteiger partial charge in [0.2, 0.25) is 5.91 Å². The summed E-state index contributed by atoms with van der Waals surface area (Å²) in [6.07, 6.45) is 9.21. The second-order valence-electron chi connectivity index (χ2n) is 12.8. The highest BCUT2D eigenvalue weighted by Crippen LogP contribution is 2.57. The molecule has 1 aromatic heterocycles. The van der Waals surface area contributed by atoms with E-state index in [0.717, 1.165) is 62.0 Å². The Labute approximate surface area is 205 Å². The number of carbonyl (C=O) groups is 1. The van der Waals surface area contributed by atoms with Gasteiger partial charge in [-0.1, -0.05) is 6.42 Å². The SMILES string of the molecule is O=C(N1CCc2ncc(C(F)(F)F)cc2C1)[C@@]12CCC[C@@H]1C[C@@H](NC1C3CC4CC(C3)CC1C4)C2. The Morgan fingerprint density at radius 3 is 2.54 bits per heavy atom. The highest BCUT2D eigenvalue weighted by Gasteiger charge is 2.57. The fourth-order valence-electron chi connectivity index (χ4n) is 9.66. The van der Waals surface area contributed by atoms with Gasteiger partial charge < -0.3 is 10.2 Å². The molecule has 1 aliphatic heterocycles. The Bertz CT molecular complexity index is 997. The van der Waals surface area contributed by atoms with Crippen molar-refractivity contribution in [2.45, 2.75) is 95.4 Å². The molecule has 7 aliphatic rings. The molecule has 4 bridgehead atoms. The summed E-state index contributed by atoms with van der Waals surface area (Å²) in [6.45, 7) is 0.819. The van der Waals surface area contributed by atoms with Crippen molar-refractivity contribution in [3.05, 3.63) is 29.1 Å². The minimum atomic E-state index is -4.41. The minimum absolute atomic E-state index is 0.192. The van der Waals surface area contributed by atoms with Crippen molar-refractivity contribution in [2.75, 3.05) is 6.54 Å². The van der Waals surface area contributed by atoms with Crippen LogP contribution in [0, 0.1) is 35.0 Å². The van der Waals surface area contributed by atoms with Crippen LogP contribution in [-0.2, 0) is 23.9 Å². The molecule has 0 spiro atoms. The van der Waals surface area contributed by atoms with Gasteiger partial charge in [-0.3, -0.25) is 9.78 Å². The summed E-state index contributed by atoms with van der Waals surface area (Å²) < 4.78 is 39.8. The number of carbonyl (C=O) groups excluding carboxylic acids is 1. The van der Waals surface area contributed by atoms with E-state index in [1.807, 2.05) is 4.90 Å². The maximum absolute atomic E-state index is 14.0. The molecule has 6 aliphatic carbocycles. The second-order valence-corrected chi connectivity index (χ2v) is 12.8. The maximum Gasteiger partial charge on any atom is 0.417 e. The number of amides is 1. The number of hydrogen-bond donors (Lipinski definition) is 1. The van der Waals surface area contributed by atoms with Gasteiger partial charge in [-0.25, -0.2) is 0 Å². The Morgan fingerprint density at radius 1 is 1.09 bits per heavy atom. The lowest BCUT2D eigenvalue weighted by molar-refractivity contribution is -0.144. The van der Waals surface area contributed by atoms with Crippen LogP contribution < -0.4 is 5.32 Å². The molecule has 8 rings (SSSR count). The first-order valence-corrected chi connectivity index (χ1v) is 13.9. The fraction of sp³-hybridized carbons (Fsp3) is 0.786. The largest absolute Gasteiger partial charge is 0.417 e. The van der Waals surface area contributed by atoms with Crippen LogP contribution in [0.5, 0.6) is 0 Å². The van der Waals surface area contributed by atoms with Crippen LogP contribution in [0.25, 0.3) is 0 Å². The van der Waals surface area contributed by atoms with Crippen molar-refractivity contribution >= 4 is 5.91 Å². The molecule has 0 aromatic carbocycles. The van der Waals surface area contributed by atoms with Crippen molar-refractivity contribution < 1.29 is 18.0 Å². The number of hydrogen-bond acceptors (Lipinski definition) is 3. The van der Waals surface area contributed by atoms with E-state index in [9.17, 15) is 18.0 Å². The summed E-state index contributed by atoms with van der Waals surface area (Å²) in [4.78, 5) is 20.0. The number of aromatic nitrogens is 1. The van der Waals surface area contributed by atoms with Crippen molar-refractivity contribution in [1.29, 1.82) is 0 Å². The van der Waals surface area contributed by atoms with Crippen molar-refractivity contribution in [1.82, 2.24) is 15.2 Å². The summed E-state index contributed by atoms with van der Waals surface area (Å²) in [6, 6.07) is 2.24. The third-order valence-corrected chi connectivity index (χ3v) is 10.9. The lowest BCUT2D eigenvalue weighted by Crippen LogP contribution is -2.56. The van der Waals surface area contributed by atoms with Crippen LogP contribution in [0.4, 0.5) is 13.2 Å². The van der Waals surface area contributed by atoms with Gasteiger partial charge in [-0.15, -0.1) is 0 Å². The first kappa shape index (κ1) is 22.6. The summed E-state index contributed by atoms with van der Waals surface area (Å²) in [5.74, 6) is 4.17. The van der Waals surface area contributed by atoms with E-state index in [2.05, 4.69) is 10.3 Å². The van der Waals surface area contributed by atoms with Gasteiger partial charge in [0.1, 0.15) is 0 Å². The van der Waals surface area contributed by atoms with Gasteiger partial charge >= 0.3 is 6.18 Å². The van der Waals surface area contributed by atoms with E-state index in [1.54, 1.807) is 0 Å². The van der Waals surface area contributed by atoms with E-state index in [0.29, 0.717) is 42.2 Å². The zero-order chi connectivity index (χ0) is 23.9. The molecule has 6 fully saturated rings. The predicted octanol–water partition coefficient (Wildman–Crippen LogP) is 5.35. The summed E-state index contributed by atoms with van der Waals surface area (Å²) in [7, 11) is 0. The molecule has 1 amide bonds. The number of nitrogens with one attached hydrogen (secondary N) is 1. The third-order valence-electron chi connectivity index (χ3n) is 10.9. The molecule has 7 heteroatoms. The molecule has 2 heterocycles. The lowest BCUT2D eigenvalue weighted by atomic mass is 9.54. The lowest BCUT2D eigenvalue weighted by Gasteiger charge is -2.55. The van der Waals surface area contributed by atoms with Crippen molar-refractivity contribution in [3.63, 3.8) is 0 Å². The van der Waals surface area contributed by atoms with Gasteiger partial charge in [-0.2, -0.15) is 13.2 Å². The van der Waals surface area contributed by atoms with Crippen LogP contribution in [0.15, 0.2) is 12.3 Å². The molecular formula is C28H36F3N3O. The Hall–Kier alpha value is -1.63. The first-order valence-electron chi connectivity index (χ1n) is 13.9. The Kier molecular flexibility index (Phi) is 5.11. The molecule has 0 radical (unpaired) electrons. The number of nitrogens with zero attached hydrogens (tertiary/aromatic N) is 2. The van der Waals surface area contributed by atoms with Crippen LogP contribution in [0.3, 0.4) is 0 Å². The molecule has 190 valence electrons. The second kappa shape index (κ2) is 7.93. The van der Waals surface area contributed by atoms with Gasteiger partial charge in [0.05, 0.1) is 11.0 Å². The van der Waals surface area contributed by atoms with Crippen LogP contribution >= 0.6 is 0 Å². The average molecular weight is 488 g/mol. The van der Waals surface area contributed by atoms with Crippen LogP contribution in [0.1, 0.15) is 81.0 Å². The molecule has 35 heavy (non-hydrogen) atoms. The van der Waals surface area contributed by atoms with Gasteiger partial charge in [-0.05, 0) is 99.0 Å². The number of pyridine rings is 1. The normalized spacial score (nSPS) is 41.8. The smallest absolute Gasteiger partial charge is 0.337 e. The molecule has 3 atom stereocenters. The highest BCUT2D eigenvalue weighted by molar-refractivity contribution is 5.84. The summed E-state index contributed by atoms with van der Waals surface area (Å²) >= 11 is 0. The first-order chi connectivity index (χ1) is 16.8. The van der Waals surface area contributed by atoms with E-state index in [1.165, 1.54) is 38.2 Å². The highest BCUT2D eigenvalue weighted by atomic mass is 19.4. The topological polar surface area (TPSA) is 45.2 Å². The molecule has 1 aromatic rings. The number of fused-ring (bicyclic) bond motifs is 2. The molecule has 0 saturated heterocycles. The number of alkyl halides is 3. The Balaban J connectivity index is 1.07. The summed E-state index contributed by atoms with van der Waals surface area (Å²) in [5.41, 5.74) is 0.223. The molecule has 4 nitrogen and oxygen atoms in total. The van der Waals surface area contributed by atoms with Crippen molar-refractivity contribution in [3.8, 4) is 0 Å². The monoisotopic (exact) mass is 487 g/mol. The van der Waals surface area contributed by atoms with Gasteiger partial charge in [0.25, 0.3) is 0 Å². The predicted molar refractivity (Wildman–Crippen MR) is 125 cm³/mol. The molecule has 0 unspecified atom stereocenters. The molecular weight excluding hydrogens is 451 g/mol. The van der Waals surface area contributed by atoms with Gasteiger partial charge in [0.15, 0.2) is 0 Å². The van der Waals surface area contributed by atoms with Crippen LogP contribution in [-0.4, -0.2) is 34.4 Å². The minimum Gasteiger partial charge on any atom is -0.337 e. The third kappa shape index (κ3) is 3.66. The number of rotatable bonds is 3. The van der Waals surface area contributed by atoms with Gasteiger partial charge in [0, 0.05) is 43.5 Å². The standard InChI is InChI=1S/C28H36F3N3O/c29-28(30,31)22-11-20-15-34(5-3-24(20)32-14-22)26(35)27-4-1-2-21(27)12-23(13-27)33-25-18-7-16-6-17(9-18)10-19(25)8-16/h11,14,16-19,21,23,25,33H,1-10,12-13,15H2/t16?,17?,18?,19?,21-,23-,25?,27-/m1/s1. The number of halogens is 3. The average Bonchev–Trinajstić information content (AvgIpc) is 3.37. The molecule has 1 N–H and O–H groups in total. The zero-order valence-electron chi connectivity index (χ0n) is 20.3. The zero-order valence-corrected chi connectivity index (χ0v) is 20.3. The van der Waals surface area contributed by atoms with E-state index in [-0.39, 0.29) is 17.9 Å². The fourth-order valence-corrected chi connectivity index (χ4v) is 9.66. The van der Waals surface area contributed by atoms with Crippen molar-refractivity contribution in [2.24, 2.45) is 35.0 Å². The van der Waals surface area contributed by atoms with E-state index in [4.69, 9.17) is 0 Å². The Morgan fingerprint density at radius 2 is 1.83 bits per heavy atom. The summed E-state index contributed by atoms with van der Waals surface area (Å²) in [5, 5.41) is 4.11. The quantitative estimate of drug-likeness (QED) is 0.625. The van der Waals surface area contributed by atoms with E-state index < -0.39 is 11.7 Å².